The van der Waals surface area contributed by atoms with Crippen molar-refractivity contribution in [3.05, 3.63) is 11.9 Å². The number of hydrogen-bond donors (Lipinski definition) is 2. The lowest BCUT2D eigenvalue weighted by atomic mass is 9.95. The second-order valence-electron chi connectivity index (χ2n) is 4.31. The lowest BCUT2D eigenvalue weighted by Gasteiger charge is -2.22. The molecule has 17 heavy (non-hydrogen) atoms. The molecule has 1 amide bonds. The number of carbonyl (C=O) groups excluding carboxylic acids is 1. The third-order valence-electron chi connectivity index (χ3n) is 2.89. The lowest BCUT2D eigenvalue weighted by molar-refractivity contribution is -0.117. The minimum absolute atomic E-state index is 0.132. The smallest absolute Gasteiger partial charge is 0.247 e. The molecular weight excluding hydrogens is 216 g/mol. The molecule has 0 heterocycles. The van der Waals surface area contributed by atoms with E-state index in [0.717, 1.165) is 12.8 Å². The molecule has 1 aliphatic rings. The topological polar surface area (TPSA) is 70.7 Å². The summed E-state index contributed by atoms with van der Waals surface area (Å²) in [6.07, 6.45) is 8.83. The van der Waals surface area contributed by atoms with Gasteiger partial charge >= 0.3 is 0 Å². The molecule has 5 heteroatoms. The van der Waals surface area contributed by atoms with Crippen molar-refractivity contribution in [2.75, 3.05) is 7.05 Å². The predicted octanol–water partition coefficient (Wildman–Crippen LogP) is 1.17. The highest BCUT2D eigenvalue weighted by Crippen LogP contribution is 2.17. The van der Waals surface area contributed by atoms with Gasteiger partial charge in [0, 0.05) is 25.4 Å². The first-order valence-electron chi connectivity index (χ1n) is 6.13. The van der Waals surface area contributed by atoms with Crippen molar-refractivity contribution in [2.24, 2.45) is 10.8 Å². The van der Waals surface area contributed by atoms with E-state index in [4.69, 9.17) is 5.73 Å². The van der Waals surface area contributed by atoms with Crippen LogP contribution in [0.15, 0.2) is 17.0 Å². The normalized spacial score (nSPS) is 18.4. The van der Waals surface area contributed by atoms with Crippen molar-refractivity contribution in [3.8, 4) is 0 Å². The molecule has 1 fully saturated rings. The van der Waals surface area contributed by atoms with Crippen LogP contribution in [-0.4, -0.2) is 30.2 Å². The Hall–Kier alpha value is -1.52. The zero-order valence-electron chi connectivity index (χ0n) is 10.6. The van der Waals surface area contributed by atoms with Crippen LogP contribution < -0.4 is 11.1 Å². The zero-order valence-corrected chi connectivity index (χ0v) is 10.6. The molecule has 0 radical (unpaired) electrons. The molecular formula is C12H22N4O. The van der Waals surface area contributed by atoms with E-state index in [1.807, 2.05) is 0 Å². The van der Waals surface area contributed by atoms with Crippen LogP contribution in [0.25, 0.3) is 0 Å². The van der Waals surface area contributed by atoms with Gasteiger partial charge in [-0.3, -0.25) is 9.80 Å². The maximum Gasteiger partial charge on any atom is 0.247 e. The third-order valence-corrected chi connectivity index (χ3v) is 2.89. The summed E-state index contributed by atoms with van der Waals surface area (Å²) in [5, 5.41) is 8.40. The zero-order chi connectivity index (χ0) is 12.7. The van der Waals surface area contributed by atoms with Crippen LogP contribution in [0.2, 0.25) is 0 Å². The molecule has 0 aromatic rings. The number of amides is 1. The summed E-state index contributed by atoms with van der Waals surface area (Å²) < 4.78 is 0. The summed E-state index contributed by atoms with van der Waals surface area (Å²) in [6, 6.07) is 0.306. The Morgan fingerprint density at radius 3 is 2.65 bits per heavy atom. The number of nitrogens with one attached hydrogen (secondary N) is 1. The first kappa shape index (κ1) is 13.5. The van der Waals surface area contributed by atoms with Gasteiger partial charge in [0.05, 0.1) is 0 Å². The molecule has 0 atom stereocenters. The fourth-order valence-corrected chi connectivity index (χ4v) is 1.96. The van der Waals surface area contributed by atoms with Crippen molar-refractivity contribution < 1.29 is 4.79 Å². The highest BCUT2D eigenvalue weighted by atomic mass is 16.1. The van der Waals surface area contributed by atoms with E-state index in [-0.39, 0.29) is 5.91 Å². The summed E-state index contributed by atoms with van der Waals surface area (Å²) in [5.74, 6) is 0.212. The molecule has 96 valence electrons. The van der Waals surface area contributed by atoms with Crippen LogP contribution >= 0.6 is 0 Å². The van der Waals surface area contributed by atoms with Gasteiger partial charge in [0.1, 0.15) is 5.82 Å². The van der Waals surface area contributed by atoms with Gasteiger partial charge in [0.2, 0.25) is 5.91 Å². The quantitative estimate of drug-likeness (QED) is 0.439. The van der Waals surface area contributed by atoms with E-state index >= 15 is 0 Å². The summed E-state index contributed by atoms with van der Waals surface area (Å²) in [6.45, 7) is 1.80. The van der Waals surface area contributed by atoms with Gasteiger partial charge in [-0.2, -0.15) is 5.10 Å². The van der Waals surface area contributed by atoms with E-state index < -0.39 is 0 Å². The number of nitrogens with two attached hydrogens (primary N) is 1. The Morgan fingerprint density at radius 1 is 1.41 bits per heavy atom. The number of nitrogens with zero attached hydrogens (tertiary/aromatic N) is 2. The second-order valence-corrected chi connectivity index (χ2v) is 4.31. The van der Waals surface area contributed by atoms with Crippen LogP contribution in [0.1, 0.15) is 39.0 Å². The molecule has 0 saturated heterocycles. The van der Waals surface area contributed by atoms with Crippen LogP contribution in [0.4, 0.5) is 0 Å². The number of rotatable bonds is 4. The van der Waals surface area contributed by atoms with Gasteiger partial charge in [-0.05, 0) is 19.8 Å². The van der Waals surface area contributed by atoms with Gasteiger partial charge in [0.25, 0.3) is 0 Å². The van der Waals surface area contributed by atoms with E-state index in [9.17, 15) is 4.79 Å². The van der Waals surface area contributed by atoms with Gasteiger partial charge < -0.3 is 11.1 Å². The van der Waals surface area contributed by atoms with Crippen molar-refractivity contribution >= 4 is 12.1 Å². The van der Waals surface area contributed by atoms with Gasteiger partial charge in [-0.15, -0.1) is 0 Å². The summed E-state index contributed by atoms with van der Waals surface area (Å²) in [4.78, 5) is 11.7. The number of hydrazone groups is 1. The minimum Gasteiger partial charge on any atom is -0.384 e. The average Bonchev–Trinajstić information content (AvgIpc) is 2.30. The second kappa shape index (κ2) is 6.93. The molecule has 0 bridgehead atoms. The molecule has 0 aliphatic heterocycles. The monoisotopic (exact) mass is 238 g/mol. The predicted molar refractivity (Wildman–Crippen MR) is 69.2 cm³/mol. The molecule has 3 N–H and O–H groups in total. The number of carbonyl (C=O) groups is 1. The Labute approximate surface area is 103 Å². The van der Waals surface area contributed by atoms with Crippen molar-refractivity contribution in [2.45, 2.75) is 45.1 Å². The van der Waals surface area contributed by atoms with E-state index in [1.165, 1.54) is 30.3 Å². The van der Waals surface area contributed by atoms with Crippen LogP contribution in [0.5, 0.6) is 0 Å². The third kappa shape index (κ3) is 4.89. The lowest BCUT2D eigenvalue weighted by Crippen LogP contribution is -2.36. The SMILES string of the molecule is C/C=N/N(C)/C(N)=C/C(=O)NC1CCCCC1. The molecule has 5 nitrogen and oxygen atoms in total. The summed E-state index contributed by atoms with van der Waals surface area (Å²) >= 11 is 0. The fourth-order valence-electron chi connectivity index (χ4n) is 1.96. The maximum atomic E-state index is 11.7. The summed E-state index contributed by atoms with van der Waals surface area (Å²) in [7, 11) is 1.71. The van der Waals surface area contributed by atoms with Crippen LogP contribution in [0.3, 0.4) is 0 Å². The van der Waals surface area contributed by atoms with E-state index in [0.29, 0.717) is 11.9 Å². The first-order valence-corrected chi connectivity index (χ1v) is 6.13. The Bertz CT molecular complexity index is 306. The fraction of sp³-hybridized carbons (Fsp3) is 0.667. The van der Waals surface area contributed by atoms with Crippen LogP contribution in [0, 0.1) is 0 Å². The number of hydrogen-bond acceptors (Lipinski definition) is 4. The minimum atomic E-state index is -0.132. The maximum absolute atomic E-state index is 11.7. The van der Waals surface area contributed by atoms with Gasteiger partial charge in [-0.25, -0.2) is 0 Å². The summed E-state index contributed by atoms with van der Waals surface area (Å²) in [5.41, 5.74) is 5.72. The molecule has 1 saturated carbocycles. The van der Waals surface area contributed by atoms with Crippen molar-refractivity contribution in [1.82, 2.24) is 10.3 Å². The molecule has 0 unspecified atom stereocenters. The Balaban J connectivity index is 2.44. The molecule has 0 spiro atoms. The molecule has 0 aromatic heterocycles. The Kier molecular flexibility index (Phi) is 5.52. The van der Waals surface area contributed by atoms with Gasteiger partial charge in [0.15, 0.2) is 0 Å². The average molecular weight is 238 g/mol. The first-order chi connectivity index (χ1) is 8.13. The van der Waals surface area contributed by atoms with Crippen molar-refractivity contribution in [1.29, 1.82) is 0 Å². The highest BCUT2D eigenvalue weighted by Gasteiger charge is 2.14. The van der Waals surface area contributed by atoms with Gasteiger partial charge in [-0.1, -0.05) is 19.3 Å². The molecule has 1 rings (SSSR count). The van der Waals surface area contributed by atoms with Crippen LogP contribution in [-0.2, 0) is 4.79 Å². The van der Waals surface area contributed by atoms with E-state index in [1.54, 1.807) is 20.2 Å². The van der Waals surface area contributed by atoms with E-state index in [2.05, 4.69) is 10.4 Å². The standard InChI is InChI=1S/C12H22N4O/c1-3-14-16(2)11(13)9-12(17)15-10-7-5-4-6-8-10/h3,9-10H,4-8,13H2,1-2H3,(H,15,17)/b11-9+,14-3+. The Morgan fingerprint density at radius 2 is 2.06 bits per heavy atom. The highest BCUT2D eigenvalue weighted by molar-refractivity contribution is 5.88. The van der Waals surface area contributed by atoms with Crippen molar-refractivity contribution in [3.63, 3.8) is 0 Å². The molecule has 1 aliphatic carbocycles. The molecule has 0 aromatic carbocycles. The largest absolute Gasteiger partial charge is 0.384 e.